The van der Waals surface area contributed by atoms with E-state index in [2.05, 4.69) is 17.2 Å². The highest BCUT2D eigenvalue weighted by molar-refractivity contribution is 14.0. The summed E-state index contributed by atoms with van der Waals surface area (Å²) in [6.07, 6.45) is 2.20. The maximum absolute atomic E-state index is 12.1. The number of benzene rings is 1. The number of nitrogens with zero attached hydrogens (tertiary/aromatic N) is 1. The Morgan fingerprint density at radius 2 is 2.09 bits per heavy atom. The summed E-state index contributed by atoms with van der Waals surface area (Å²) in [7, 11) is 0. The van der Waals surface area contributed by atoms with Gasteiger partial charge in [0.25, 0.3) is 6.43 Å². The van der Waals surface area contributed by atoms with Crippen LogP contribution in [0.3, 0.4) is 0 Å². The topological polar surface area (TPSA) is 59.6 Å². The molecular weight excluding hydrogens is 415 g/mol. The Labute approximate surface area is 153 Å². The summed E-state index contributed by atoms with van der Waals surface area (Å²) in [5.74, 6) is 0.814. The molecule has 23 heavy (non-hydrogen) atoms. The normalized spacial score (nSPS) is 11.2. The molecule has 0 saturated heterocycles. The molecule has 0 amide bonds. The quantitative estimate of drug-likeness (QED) is 0.250. The van der Waals surface area contributed by atoms with E-state index >= 15 is 0 Å². The Balaban J connectivity index is 0.00000484. The van der Waals surface area contributed by atoms with E-state index in [1.165, 1.54) is 19.3 Å². The molecule has 0 atom stereocenters. The molecule has 132 valence electrons. The van der Waals surface area contributed by atoms with E-state index in [4.69, 9.17) is 10.5 Å². The summed E-state index contributed by atoms with van der Waals surface area (Å²) in [5, 5.41) is 3.06. The fraction of sp³-hybridized carbons (Fsp3) is 0.562. The zero-order chi connectivity index (χ0) is 16.2. The van der Waals surface area contributed by atoms with Crippen LogP contribution in [0, 0.1) is 0 Å². The summed E-state index contributed by atoms with van der Waals surface area (Å²) in [4.78, 5) is 4.23. The molecule has 0 bridgehead atoms. The number of hydrogen-bond acceptors (Lipinski definition) is 2. The minimum Gasteiger partial charge on any atom is -0.488 e. The monoisotopic (exact) mass is 441 g/mol. The van der Waals surface area contributed by atoms with Crippen LogP contribution in [0.15, 0.2) is 29.3 Å². The van der Waals surface area contributed by atoms with Crippen molar-refractivity contribution in [3.8, 4) is 5.75 Å². The fourth-order valence-corrected chi connectivity index (χ4v) is 1.89. The second-order valence-corrected chi connectivity index (χ2v) is 5.04. The van der Waals surface area contributed by atoms with Crippen LogP contribution in [0.2, 0.25) is 0 Å². The van der Waals surface area contributed by atoms with Crippen LogP contribution in [0.25, 0.3) is 0 Å². The molecule has 0 aliphatic carbocycles. The predicted molar refractivity (Wildman–Crippen MR) is 101 cm³/mol. The van der Waals surface area contributed by atoms with Crippen molar-refractivity contribution in [2.75, 3.05) is 13.2 Å². The summed E-state index contributed by atoms with van der Waals surface area (Å²) in [6.45, 7) is 2.77. The lowest BCUT2D eigenvalue weighted by Crippen LogP contribution is -2.32. The zero-order valence-corrected chi connectivity index (χ0v) is 15.8. The molecule has 0 aromatic heterocycles. The van der Waals surface area contributed by atoms with E-state index in [1.807, 2.05) is 6.07 Å². The first-order valence-electron chi connectivity index (χ1n) is 7.65. The van der Waals surface area contributed by atoms with Gasteiger partial charge in [-0.15, -0.1) is 24.0 Å². The SMILES string of the molecule is CCCCCCNC(N)=NCc1cccc(OCC(F)F)c1.I. The van der Waals surface area contributed by atoms with Crippen molar-refractivity contribution in [1.82, 2.24) is 5.32 Å². The molecule has 0 unspecified atom stereocenters. The first-order chi connectivity index (χ1) is 10.6. The molecular formula is C16H26F2IN3O. The van der Waals surface area contributed by atoms with Crippen LogP contribution in [-0.2, 0) is 6.54 Å². The fourth-order valence-electron chi connectivity index (χ4n) is 1.89. The number of halogens is 3. The predicted octanol–water partition coefficient (Wildman–Crippen LogP) is 3.93. The number of unbranched alkanes of at least 4 members (excludes halogenated alkanes) is 3. The van der Waals surface area contributed by atoms with Crippen molar-refractivity contribution in [2.24, 2.45) is 10.7 Å². The van der Waals surface area contributed by atoms with Gasteiger partial charge in [0.15, 0.2) is 5.96 Å². The maximum Gasteiger partial charge on any atom is 0.272 e. The number of aliphatic imine (C=N–C) groups is 1. The molecule has 1 aromatic rings. The van der Waals surface area contributed by atoms with Crippen LogP contribution >= 0.6 is 24.0 Å². The van der Waals surface area contributed by atoms with Crippen LogP contribution in [0.4, 0.5) is 8.78 Å². The van der Waals surface area contributed by atoms with Gasteiger partial charge < -0.3 is 15.8 Å². The molecule has 4 nitrogen and oxygen atoms in total. The molecule has 7 heteroatoms. The first kappa shape index (κ1) is 21.9. The van der Waals surface area contributed by atoms with Gasteiger partial charge in [0.1, 0.15) is 12.4 Å². The molecule has 0 saturated carbocycles. The summed E-state index contributed by atoms with van der Waals surface area (Å²) in [5.41, 5.74) is 6.64. The van der Waals surface area contributed by atoms with Crippen molar-refractivity contribution in [2.45, 2.75) is 45.6 Å². The molecule has 3 N–H and O–H groups in total. The van der Waals surface area contributed by atoms with Gasteiger partial charge in [-0.25, -0.2) is 13.8 Å². The van der Waals surface area contributed by atoms with Crippen molar-refractivity contribution in [3.05, 3.63) is 29.8 Å². The standard InChI is InChI=1S/C16H25F2N3O.HI/c1-2-3-4-5-9-20-16(19)21-11-13-7-6-8-14(10-13)22-12-15(17)18;/h6-8,10,15H,2-5,9,11-12H2,1H3,(H3,19,20,21);1H. The van der Waals surface area contributed by atoms with E-state index in [-0.39, 0.29) is 24.0 Å². The van der Waals surface area contributed by atoms with Gasteiger partial charge in [-0.3, -0.25) is 0 Å². The molecule has 0 fully saturated rings. The molecule has 0 aliphatic heterocycles. The molecule has 0 aliphatic rings. The number of nitrogens with two attached hydrogens (primary N) is 1. The molecule has 0 spiro atoms. The largest absolute Gasteiger partial charge is 0.488 e. The van der Waals surface area contributed by atoms with Gasteiger partial charge in [-0.2, -0.15) is 0 Å². The summed E-state index contributed by atoms with van der Waals surface area (Å²) in [6, 6.07) is 6.94. The van der Waals surface area contributed by atoms with Crippen molar-refractivity contribution in [3.63, 3.8) is 0 Å². The van der Waals surface area contributed by atoms with Crippen molar-refractivity contribution in [1.29, 1.82) is 0 Å². The number of ether oxygens (including phenoxy) is 1. The third-order valence-corrected chi connectivity index (χ3v) is 3.04. The third kappa shape index (κ3) is 11.1. The Bertz CT molecular complexity index is 459. The van der Waals surface area contributed by atoms with Crippen LogP contribution in [0.5, 0.6) is 5.75 Å². The first-order valence-corrected chi connectivity index (χ1v) is 7.65. The van der Waals surface area contributed by atoms with Crippen LogP contribution in [-0.4, -0.2) is 25.5 Å². The Morgan fingerprint density at radius 3 is 2.78 bits per heavy atom. The average Bonchev–Trinajstić information content (AvgIpc) is 2.51. The zero-order valence-electron chi connectivity index (χ0n) is 13.4. The molecule has 0 heterocycles. The van der Waals surface area contributed by atoms with Gasteiger partial charge in [0, 0.05) is 6.54 Å². The van der Waals surface area contributed by atoms with E-state index in [9.17, 15) is 8.78 Å². The van der Waals surface area contributed by atoms with E-state index in [0.29, 0.717) is 18.3 Å². The lowest BCUT2D eigenvalue weighted by molar-refractivity contribution is 0.0818. The maximum atomic E-state index is 12.1. The second kappa shape index (κ2) is 13.3. The highest BCUT2D eigenvalue weighted by atomic mass is 127. The number of guanidine groups is 1. The van der Waals surface area contributed by atoms with Gasteiger partial charge in [0.05, 0.1) is 6.54 Å². The summed E-state index contributed by atoms with van der Waals surface area (Å²) < 4.78 is 29.2. The second-order valence-electron chi connectivity index (χ2n) is 5.04. The summed E-state index contributed by atoms with van der Waals surface area (Å²) >= 11 is 0. The number of hydrogen-bond donors (Lipinski definition) is 2. The minimum absolute atomic E-state index is 0. The molecule has 1 rings (SSSR count). The Hall–Kier alpha value is -1.12. The average molecular weight is 441 g/mol. The smallest absolute Gasteiger partial charge is 0.272 e. The van der Waals surface area contributed by atoms with Gasteiger partial charge >= 0.3 is 0 Å². The van der Waals surface area contributed by atoms with E-state index < -0.39 is 13.0 Å². The lowest BCUT2D eigenvalue weighted by atomic mass is 10.2. The highest BCUT2D eigenvalue weighted by Gasteiger charge is 2.04. The van der Waals surface area contributed by atoms with E-state index in [1.54, 1.807) is 18.2 Å². The molecule has 0 radical (unpaired) electrons. The van der Waals surface area contributed by atoms with Gasteiger partial charge in [-0.1, -0.05) is 38.3 Å². The van der Waals surface area contributed by atoms with Gasteiger partial charge in [0.2, 0.25) is 0 Å². The van der Waals surface area contributed by atoms with Crippen LogP contribution < -0.4 is 15.8 Å². The van der Waals surface area contributed by atoms with Gasteiger partial charge in [-0.05, 0) is 24.1 Å². The molecule has 1 aromatic carbocycles. The Kier molecular flexibility index (Phi) is 12.7. The number of nitrogens with one attached hydrogen (secondary N) is 1. The van der Waals surface area contributed by atoms with E-state index in [0.717, 1.165) is 18.5 Å². The van der Waals surface area contributed by atoms with Crippen LogP contribution in [0.1, 0.15) is 38.2 Å². The Morgan fingerprint density at radius 1 is 1.30 bits per heavy atom. The van der Waals surface area contributed by atoms with Crippen molar-refractivity contribution >= 4 is 29.9 Å². The van der Waals surface area contributed by atoms with Crippen molar-refractivity contribution < 1.29 is 13.5 Å². The lowest BCUT2D eigenvalue weighted by Gasteiger charge is -2.07. The number of rotatable bonds is 10. The number of alkyl halides is 2. The third-order valence-electron chi connectivity index (χ3n) is 3.04. The minimum atomic E-state index is -2.48. The highest BCUT2D eigenvalue weighted by Crippen LogP contribution is 2.14.